The van der Waals surface area contributed by atoms with Crippen LogP contribution >= 0.6 is 0 Å². The molecule has 1 rings (SSSR count). The minimum absolute atomic E-state index is 0.0532. The van der Waals surface area contributed by atoms with Gasteiger partial charge in [0.1, 0.15) is 0 Å². The van der Waals surface area contributed by atoms with Crippen LogP contribution in [0.3, 0.4) is 0 Å². The van der Waals surface area contributed by atoms with Crippen LogP contribution in [0.1, 0.15) is 0 Å². The number of hydrogen-bond donors (Lipinski definition) is 1. The van der Waals surface area contributed by atoms with Crippen LogP contribution in [0.4, 0.5) is 0 Å². The van der Waals surface area contributed by atoms with Gasteiger partial charge in [0.05, 0.1) is 4.91 Å². The Morgan fingerprint density at radius 1 is 1.33 bits per heavy atom. The van der Waals surface area contributed by atoms with E-state index in [0.29, 0.717) is 0 Å². The molecule has 1 aliphatic rings. The molecule has 0 aromatic carbocycles. The van der Waals surface area contributed by atoms with Crippen LogP contribution in [-0.4, -0.2) is 13.0 Å². The first-order chi connectivity index (χ1) is 4.11. The summed E-state index contributed by atoms with van der Waals surface area (Å²) < 4.78 is 28.8. The number of allylic oxidation sites excluding steroid dienone is 4. The lowest BCUT2D eigenvalue weighted by Crippen LogP contribution is -1.98. The van der Waals surface area contributed by atoms with Crippen LogP contribution < -0.4 is 0 Å². The van der Waals surface area contributed by atoms with Crippen molar-refractivity contribution in [3.8, 4) is 0 Å². The van der Waals surface area contributed by atoms with Gasteiger partial charge in [-0.15, -0.1) is 0 Å². The third kappa shape index (κ3) is 1.40. The highest BCUT2D eigenvalue weighted by molar-refractivity contribution is 7.90. The Kier molecular flexibility index (Phi) is 1.42. The summed E-state index contributed by atoms with van der Waals surface area (Å²) in [7, 11) is -3.96. The lowest BCUT2D eigenvalue weighted by molar-refractivity contribution is 0.492. The van der Waals surface area contributed by atoms with Crippen LogP contribution in [0, 0.1) is 6.42 Å². The molecule has 0 fully saturated rings. The first kappa shape index (κ1) is 6.51. The van der Waals surface area contributed by atoms with Crippen LogP contribution in [0.2, 0.25) is 0 Å². The Morgan fingerprint density at radius 2 is 2.00 bits per heavy atom. The van der Waals surface area contributed by atoms with E-state index < -0.39 is 10.1 Å². The summed E-state index contributed by atoms with van der Waals surface area (Å²) in [5, 5.41) is 0. The zero-order chi connectivity index (χ0) is 6.91. The van der Waals surface area contributed by atoms with Crippen molar-refractivity contribution in [3.05, 3.63) is 29.6 Å². The minimum Gasteiger partial charge on any atom is -0.282 e. The van der Waals surface area contributed by atoms with Gasteiger partial charge in [-0.3, -0.25) is 4.55 Å². The summed E-state index contributed by atoms with van der Waals surface area (Å²) in [5.74, 6) is 0. The molecule has 4 heteroatoms. The molecule has 49 valence electrons. The molecule has 0 aromatic rings. The van der Waals surface area contributed by atoms with E-state index in [1.54, 1.807) is 12.2 Å². The number of hydrogen-bond acceptors (Lipinski definition) is 2. The summed E-state index contributed by atoms with van der Waals surface area (Å²) in [4.78, 5) is -0.0532. The van der Waals surface area contributed by atoms with Gasteiger partial charge in [0, 0.05) is 6.42 Å². The molecule has 0 saturated heterocycles. The van der Waals surface area contributed by atoms with E-state index in [9.17, 15) is 8.42 Å². The van der Waals surface area contributed by atoms with Crippen LogP contribution in [0.5, 0.6) is 0 Å². The van der Waals surface area contributed by atoms with Gasteiger partial charge in [0.2, 0.25) is 0 Å². The maximum Gasteiger partial charge on any atom is 0.291 e. The fourth-order valence-corrected chi connectivity index (χ4v) is 1.03. The molecule has 0 spiro atoms. The monoisotopic (exact) mass is 145 g/mol. The van der Waals surface area contributed by atoms with Crippen molar-refractivity contribution in [2.45, 2.75) is 0 Å². The predicted octanol–water partition coefficient (Wildman–Crippen LogP) is 0.532. The highest BCUT2D eigenvalue weighted by Crippen LogP contribution is 2.13. The van der Waals surface area contributed by atoms with Crippen LogP contribution in [0.25, 0.3) is 0 Å². The van der Waals surface area contributed by atoms with Gasteiger partial charge in [-0.2, -0.15) is 8.42 Å². The Bertz CT molecular complexity index is 258. The molecule has 1 aliphatic carbocycles. The number of rotatable bonds is 1. The summed E-state index contributed by atoms with van der Waals surface area (Å²) in [6.45, 7) is 0. The molecule has 9 heavy (non-hydrogen) atoms. The van der Waals surface area contributed by atoms with E-state index in [-0.39, 0.29) is 4.91 Å². The van der Waals surface area contributed by atoms with E-state index in [2.05, 4.69) is 0 Å². The lowest BCUT2D eigenvalue weighted by atomic mass is 10.5. The molecule has 1 N–H and O–H groups in total. The zero-order valence-corrected chi connectivity index (χ0v) is 5.30. The second-order valence-corrected chi connectivity index (χ2v) is 3.02. The molecule has 0 atom stereocenters. The Hall–Kier alpha value is -0.610. The van der Waals surface area contributed by atoms with Crippen molar-refractivity contribution < 1.29 is 13.0 Å². The minimum atomic E-state index is -3.96. The third-order valence-corrected chi connectivity index (χ3v) is 1.80. The van der Waals surface area contributed by atoms with Gasteiger partial charge in [0.25, 0.3) is 10.1 Å². The molecule has 0 aliphatic heterocycles. The van der Waals surface area contributed by atoms with Gasteiger partial charge in [-0.05, 0) is 6.08 Å². The normalized spacial score (nSPS) is 18.1. The molecular weight excluding hydrogens is 140 g/mol. The van der Waals surface area contributed by atoms with Crippen LogP contribution in [0.15, 0.2) is 23.1 Å². The highest BCUT2D eigenvalue weighted by Gasteiger charge is 2.13. The summed E-state index contributed by atoms with van der Waals surface area (Å²) in [5.41, 5.74) is 0. The van der Waals surface area contributed by atoms with Gasteiger partial charge in [-0.1, -0.05) is 12.2 Å². The van der Waals surface area contributed by atoms with E-state index in [4.69, 9.17) is 4.55 Å². The SMILES string of the molecule is O=S(=O)(O)C1=CC=C[CH]1. The van der Waals surface area contributed by atoms with Gasteiger partial charge < -0.3 is 0 Å². The van der Waals surface area contributed by atoms with Crippen molar-refractivity contribution in [1.82, 2.24) is 0 Å². The topological polar surface area (TPSA) is 54.4 Å². The Balaban J connectivity index is 2.92. The molecule has 3 nitrogen and oxygen atoms in total. The Morgan fingerprint density at radius 3 is 2.22 bits per heavy atom. The molecule has 0 aromatic heterocycles. The third-order valence-electron chi connectivity index (χ3n) is 0.930. The second kappa shape index (κ2) is 1.97. The molecule has 0 bridgehead atoms. The Labute approximate surface area is 53.4 Å². The fourth-order valence-electron chi connectivity index (χ4n) is 0.528. The molecule has 0 saturated carbocycles. The highest BCUT2D eigenvalue weighted by atomic mass is 32.2. The summed E-state index contributed by atoms with van der Waals surface area (Å²) >= 11 is 0. The van der Waals surface area contributed by atoms with Gasteiger partial charge >= 0.3 is 0 Å². The lowest BCUT2D eigenvalue weighted by Gasteiger charge is -1.91. The predicted molar refractivity (Wildman–Crippen MR) is 33.1 cm³/mol. The van der Waals surface area contributed by atoms with E-state index in [1.807, 2.05) is 0 Å². The van der Waals surface area contributed by atoms with E-state index in [1.165, 1.54) is 12.5 Å². The molecule has 0 heterocycles. The average molecular weight is 145 g/mol. The van der Waals surface area contributed by atoms with E-state index >= 15 is 0 Å². The van der Waals surface area contributed by atoms with Gasteiger partial charge in [0.15, 0.2) is 0 Å². The molecule has 0 unspecified atom stereocenters. The van der Waals surface area contributed by atoms with Crippen molar-refractivity contribution >= 4 is 10.1 Å². The van der Waals surface area contributed by atoms with Crippen molar-refractivity contribution in [2.24, 2.45) is 0 Å². The molecular formula is C5H5O3S. The maximum atomic E-state index is 10.2. The van der Waals surface area contributed by atoms with Crippen molar-refractivity contribution in [3.63, 3.8) is 0 Å². The van der Waals surface area contributed by atoms with Crippen molar-refractivity contribution in [1.29, 1.82) is 0 Å². The largest absolute Gasteiger partial charge is 0.291 e. The first-order valence-electron chi connectivity index (χ1n) is 2.30. The fraction of sp³-hybridized carbons (Fsp3) is 0. The van der Waals surface area contributed by atoms with Gasteiger partial charge in [-0.25, -0.2) is 0 Å². The van der Waals surface area contributed by atoms with E-state index in [0.717, 1.165) is 0 Å². The average Bonchev–Trinajstić information content (AvgIpc) is 2.08. The van der Waals surface area contributed by atoms with Crippen LogP contribution in [-0.2, 0) is 10.1 Å². The van der Waals surface area contributed by atoms with Crippen molar-refractivity contribution in [2.75, 3.05) is 0 Å². The standard InChI is InChI=1S/C5H5O3S/c6-9(7,8)5-3-1-2-4-5/h1-4H,(H,6,7,8). The second-order valence-electron chi connectivity index (χ2n) is 1.60. The summed E-state index contributed by atoms with van der Waals surface area (Å²) in [6, 6.07) is 0. The zero-order valence-electron chi connectivity index (χ0n) is 4.48. The first-order valence-corrected chi connectivity index (χ1v) is 3.74. The quantitative estimate of drug-likeness (QED) is 0.547. The smallest absolute Gasteiger partial charge is 0.282 e. The molecule has 1 radical (unpaired) electrons. The summed E-state index contributed by atoms with van der Waals surface area (Å²) in [6.07, 6.45) is 5.75. The maximum absolute atomic E-state index is 10.2. The molecule has 0 amide bonds.